The van der Waals surface area contributed by atoms with Crippen LogP contribution in [0, 0.1) is 0 Å². The molecule has 29 heavy (non-hydrogen) atoms. The van der Waals surface area contributed by atoms with E-state index < -0.39 is 18.4 Å². The van der Waals surface area contributed by atoms with E-state index in [0.29, 0.717) is 17.9 Å². The van der Waals surface area contributed by atoms with Gasteiger partial charge in [0.15, 0.2) is 0 Å². The number of ether oxygens (including phenoxy) is 2. The van der Waals surface area contributed by atoms with E-state index >= 15 is 0 Å². The molecule has 0 aliphatic carbocycles. The fraction of sp³-hybridized carbons (Fsp3) is 0.300. The molecule has 2 rings (SSSR count). The molecule has 6 nitrogen and oxygen atoms in total. The molecule has 0 radical (unpaired) electrons. The number of alkyl halides is 2. The predicted molar refractivity (Wildman–Crippen MR) is 106 cm³/mol. The number of amides is 2. The van der Waals surface area contributed by atoms with Crippen molar-refractivity contribution in [3.8, 4) is 11.5 Å². The molecule has 0 aliphatic rings. The van der Waals surface area contributed by atoms with Gasteiger partial charge in [-0.2, -0.15) is 8.78 Å². The number of hydrogen-bond donors (Lipinski definition) is 2. The third-order valence-corrected chi connectivity index (χ3v) is 4.02. The molecular weight excluding hydrogens is 406 g/mol. The molecule has 0 heterocycles. The normalized spacial score (nSPS) is 10.5. The predicted octanol–water partition coefficient (Wildman–Crippen LogP) is 4.49. The summed E-state index contributed by atoms with van der Waals surface area (Å²) in [5.74, 6) is -0.450. The highest BCUT2D eigenvalue weighted by Gasteiger charge is 2.12. The van der Waals surface area contributed by atoms with E-state index in [1.165, 1.54) is 18.2 Å². The summed E-state index contributed by atoms with van der Waals surface area (Å²) in [6.45, 7) is -0.597. The fourth-order valence-corrected chi connectivity index (χ4v) is 2.50. The molecule has 0 unspecified atom stereocenters. The van der Waals surface area contributed by atoms with Gasteiger partial charge in [-0.15, -0.1) is 0 Å². The van der Waals surface area contributed by atoms with Gasteiger partial charge in [0, 0.05) is 11.3 Å². The van der Waals surface area contributed by atoms with Gasteiger partial charge >= 0.3 is 6.61 Å². The molecule has 2 aromatic carbocycles. The molecule has 2 N–H and O–H groups in total. The van der Waals surface area contributed by atoms with Crippen molar-refractivity contribution < 1.29 is 27.8 Å². The van der Waals surface area contributed by atoms with Crippen LogP contribution in [0.2, 0.25) is 5.02 Å². The van der Waals surface area contributed by atoms with Crippen LogP contribution in [0.4, 0.5) is 14.5 Å². The van der Waals surface area contributed by atoms with Gasteiger partial charge in [-0.05, 0) is 48.9 Å². The van der Waals surface area contributed by atoms with Crippen LogP contribution < -0.4 is 20.1 Å². The first-order valence-electron chi connectivity index (χ1n) is 8.94. The van der Waals surface area contributed by atoms with E-state index in [2.05, 4.69) is 22.3 Å². The number of carbonyl (C=O) groups is 2. The highest BCUT2D eigenvalue weighted by Crippen LogP contribution is 2.28. The Bertz CT molecular complexity index is 832. The zero-order valence-corrected chi connectivity index (χ0v) is 16.5. The largest absolute Gasteiger partial charge is 0.494 e. The van der Waals surface area contributed by atoms with Crippen LogP contribution >= 0.6 is 11.6 Å². The summed E-state index contributed by atoms with van der Waals surface area (Å²) in [4.78, 5) is 24.1. The second-order valence-corrected chi connectivity index (χ2v) is 6.39. The Hall–Kier alpha value is -2.87. The van der Waals surface area contributed by atoms with Gasteiger partial charge in [0.05, 0.1) is 18.2 Å². The Kier molecular flexibility index (Phi) is 8.67. The summed E-state index contributed by atoms with van der Waals surface area (Å²) in [5, 5.41) is 4.93. The van der Waals surface area contributed by atoms with Crippen molar-refractivity contribution in [1.29, 1.82) is 0 Å². The maximum absolute atomic E-state index is 12.2. The Morgan fingerprint density at radius 2 is 1.86 bits per heavy atom. The van der Waals surface area contributed by atoms with Gasteiger partial charge in [-0.3, -0.25) is 9.59 Å². The smallest absolute Gasteiger partial charge is 0.387 e. The van der Waals surface area contributed by atoms with Crippen LogP contribution in [0.3, 0.4) is 0 Å². The van der Waals surface area contributed by atoms with Crippen LogP contribution in [0.25, 0.3) is 0 Å². The quantitative estimate of drug-likeness (QED) is 0.549. The van der Waals surface area contributed by atoms with Crippen molar-refractivity contribution >= 4 is 29.1 Å². The Morgan fingerprint density at radius 1 is 1.14 bits per heavy atom. The van der Waals surface area contributed by atoms with Gasteiger partial charge < -0.3 is 20.1 Å². The third-order valence-electron chi connectivity index (χ3n) is 3.72. The van der Waals surface area contributed by atoms with E-state index in [1.807, 2.05) is 0 Å². The van der Waals surface area contributed by atoms with Crippen molar-refractivity contribution in [1.82, 2.24) is 5.32 Å². The number of carbonyl (C=O) groups excluding carboxylic acids is 2. The van der Waals surface area contributed by atoms with Crippen LogP contribution in [0.1, 0.15) is 30.1 Å². The van der Waals surface area contributed by atoms with Gasteiger partial charge in [0.1, 0.15) is 11.5 Å². The van der Waals surface area contributed by atoms with Crippen molar-refractivity contribution in [3.05, 3.63) is 53.1 Å². The lowest BCUT2D eigenvalue weighted by molar-refractivity contribution is -0.115. The monoisotopic (exact) mass is 426 g/mol. The number of hydrogen-bond acceptors (Lipinski definition) is 4. The molecule has 0 saturated carbocycles. The summed E-state index contributed by atoms with van der Waals surface area (Å²) in [7, 11) is 0. The third kappa shape index (κ3) is 7.57. The van der Waals surface area contributed by atoms with E-state index in [9.17, 15) is 18.4 Å². The molecule has 0 aliphatic heterocycles. The van der Waals surface area contributed by atoms with Crippen LogP contribution in [-0.4, -0.2) is 31.6 Å². The molecule has 0 saturated heterocycles. The molecule has 2 amide bonds. The summed E-state index contributed by atoms with van der Waals surface area (Å²) >= 11 is 5.83. The number of benzene rings is 2. The molecule has 9 heteroatoms. The second-order valence-electron chi connectivity index (χ2n) is 5.98. The summed E-state index contributed by atoms with van der Waals surface area (Å²) in [6.07, 6.45) is 1.98. The number of nitrogens with one attached hydrogen (secondary N) is 2. The lowest BCUT2D eigenvalue weighted by atomic mass is 10.2. The minimum absolute atomic E-state index is 0.0756. The molecule has 2 aromatic rings. The van der Waals surface area contributed by atoms with Crippen molar-refractivity contribution in [3.63, 3.8) is 0 Å². The Labute approximate surface area is 172 Å². The van der Waals surface area contributed by atoms with E-state index in [-0.39, 0.29) is 23.0 Å². The Morgan fingerprint density at radius 3 is 2.48 bits per heavy atom. The SMILES string of the molecule is CCCCOc1ccc(C(=O)NCC(=O)Nc2ccc(OC(F)F)c(Cl)c2)cc1. The number of halogens is 3. The summed E-state index contributed by atoms with van der Waals surface area (Å²) < 4.78 is 34.2. The van der Waals surface area contributed by atoms with Crippen LogP contribution in [-0.2, 0) is 4.79 Å². The zero-order chi connectivity index (χ0) is 21.2. The fourth-order valence-electron chi connectivity index (χ4n) is 2.27. The molecule has 0 spiro atoms. The number of unbranched alkanes of at least 4 members (excludes halogenated alkanes) is 1. The molecule has 0 bridgehead atoms. The minimum atomic E-state index is -3.00. The lowest BCUT2D eigenvalue weighted by Crippen LogP contribution is -2.32. The average molecular weight is 427 g/mol. The minimum Gasteiger partial charge on any atom is -0.494 e. The molecule has 0 fully saturated rings. The standard InChI is InChI=1S/C20H21ClF2N2O4/c1-2-3-10-28-15-7-4-13(5-8-15)19(27)24-12-18(26)25-14-6-9-17(16(21)11-14)29-20(22)23/h4-9,11,20H,2-3,10,12H2,1H3,(H,24,27)(H,25,26). The summed E-state index contributed by atoms with van der Waals surface area (Å²) in [5.41, 5.74) is 0.668. The lowest BCUT2D eigenvalue weighted by Gasteiger charge is -2.10. The van der Waals surface area contributed by atoms with Crippen LogP contribution in [0.5, 0.6) is 11.5 Å². The first kappa shape index (κ1) is 22.4. The second kappa shape index (κ2) is 11.2. The number of rotatable bonds is 10. The Balaban J connectivity index is 1.82. The first-order valence-corrected chi connectivity index (χ1v) is 9.32. The van der Waals surface area contributed by atoms with Gasteiger partial charge in [-0.25, -0.2) is 0 Å². The highest BCUT2D eigenvalue weighted by molar-refractivity contribution is 6.32. The molecular formula is C20H21ClF2N2O4. The van der Waals surface area contributed by atoms with Gasteiger partial charge in [-0.1, -0.05) is 24.9 Å². The van der Waals surface area contributed by atoms with Crippen molar-refractivity contribution in [2.24, 2.45) is 0 Å². The maximum Gasteiger partial charge on any atom is 0.387 e. The summed E-state index contributed by atoms with van der Waals surface area (Å²) in [6, 6.07) is 10.4. The molecule has 156 valence electrons. The maximum atomic E-state index is 12.2. The highest BCUT2D eigenvalue weighted by atomic mass is 35.5. The zero-order valence-electron chi connectivity index (χ0n) is 15.7. The van der Waals surface area contributed by atoms with E-state index in [4.69, 9.17) is 16.3 Å². The topological polar surface area (TPSA) is 76.7 Å². The van der Waals surface area contributed by atoms with Gasteiger partial charge in [0.2, 0.25) is 5.91 Å². The number of anilines is 1. The van der Waals surface area contributed by atoms with Crippen molar-refractivity contribution in [2.45, 2.75) is 26.4 Å². The first-order chi connectivity index (χ1) is 13.9. The molecule has 0 aromatic heterocycles. The average Bonchev–Trinajstić information content (AvgIpc) is 2.69. The molecule has 0 atom stereocenters. The van der Waals surface area contributed by atoms with Gasteiger partial charge in [0.25, 0.3) is 5.91 Å². The van der Waals surface area contributed by atoms with E-state index in [1.54, 1.807) is 24.3 Å². The van der Waals surface area contributed by atoms with E-state index in [0.717, 1.165) is 12.8 Å². The van der Waals surface area contributed by atoms with Crippen molar-refractivity contribution in [2.75, 3.05) is 18.5 Å². The van der Waals surface area contributed by atoms with Crippen LogP contribution in [0.15, 0.2) is 42.5 Å².